The zero-order valence-electron chi connectivity index (χ0n) is 14.3. The normalized spacial score (nSPS) is 25.4. The average Bonchev–Trinajstić information content (AvgIpc) is 2.53. The lowest BCUT2D eigenvalue weighted by Crippen LogP contribution is -2.50. The summed E-state index contributed by atoms with van der Waals surface area (Å²) in [5, 5.41) is 10.4. The molecule has 1 saturated heterocycles. The highest BCUT2D eigenvalue weighted by Gasteiger charge is 2.34. The second-order valence-corrected chi connectivity index (χ2v) is 7.06. The van der Waals surface area contributed by atoms with Gasteiger partial charge in [-0.2, -0.15) is 0 Å². The quantitative estimate of drug-likeness (QED) is 0.849. The van der Waals surface area contributed by atoms with E-state index in [0.717, 1.165) is 45.8 Å². The maximum atomic E-state index is 12.0. The average molecular weight is 319 g/mol. The Balaban J connectivity index is 1.65. The van der Waals surface area contributed by atoms with Gasteiger partial charge in [0, 0.05) is 50.4 Å². The fraction of sp³-hybridized carbons (Fsp3) is 0.722. The van der Waals surface area contributed by atoms with E-state index in [-0.39, 0.29) is 11.7 Å². The van der Waals surface area contributed by atoms with E-state index in [1.54, 1.807) is 6.07 Å². The zero-order valence-corrected chi connectivity index (χ0v) is 14.3. The summed E-state index contributed by atoms with van der Waals surface area (Å²) in [5.74, 6) is 0.957. The largest absolute Gasteiger partial charge is 0.390 e. The van der Waals surface area contributed by atoms with E-state index in [4.69, 9.17) is 0 Å². The van der Waals surface area contributed by atoms with Crippen molar-refractivity contribution in [2.45, 2.75) is 38.8 Å². The van der Waals surface area contributed by atoms with Crippen LogP contribution in [0, 0.1) is 5.92 Å². The van der Waals surface area contributed by atoms with Crippen LogP contribution in [0.4, 0.5) is 0 Å². The molecule has 1 aromatic rings. The Morgan fingerprint density at radius 1 is 1.26 bits per heavy atom. The number of fused-ring (bicyclic) bond motifs is 4. The van der Waals surface area contributed by atoms with Gasteiger partial charge in [-0.3, -0.25) is 9.69 Å². The van der Waals surface area contributed by atoms with Gasteiger partial charge in [-0.25, -0.2) is 0 Å². The first-order chi connectivity index (χ1) is 11.1. The molecule has 1 fully saturated rings. The monoisotopic (exact) mass is 319 g/mol. The van der Waals surface area contributed by atoms with Gasteiger partial charge in [0.2, 0.25) is 0 Å². The molecule has 128 valence electrons. The summed E-state index contributed by atoms with van der Waals surface area (Å²) in [6.45, 7) is 10.5. The van der Waals surface area contributed by atoms with Crippen molar-refractivity contribution in [3.05, 3.63) is 34.2 Å². The molecule has 0 spiro atoms. The van der Waals surface area contributed by atoms with Crippen LogP contribution < -0.4 is 5.56 Å². The van der Waals surface area contributed by atoms with E-state index < -0.39 is 0 Å². The number of hydrogen-bond acceptors (Lipinski definition) is 4. The van der Waals surface area contributed by atoms with Gasteiger partial charge in [0.25, 0.3) is 5.56 Å². The summed E-state index contributed by atoms with van der Waals surface area (Å²) in [7, 11) is 0. The van der Waals surface area contributed by atoms with Crippen LogP contribution in [0.2, 0.25) is 0 Å². The van der Waals surface area contributed by atoms with Crippen molar-refractivity contribution in [3.63, 3.8) is 0 Å². The summed E-state index contributed by atoms with van der Waals surface area (Å²) in [6.07, 6.45) is 0.873. The molecule has 3 rings (SSSR count). The number of aliphatic hydroxyl groups excluding tert-OH is 1. The molecule has 0 radical (unpaired) electrons. The van der Waals surface area contributed by atoms with E-state index in [1.165, 1.54) is 12.1 Å². The van der Waals surface area contributed by atoms with Crippen molar-refractivity contribution in [2.24, 2.45) is 5.92 Å². The third-order valence-corrected chi connectivity index (χ3v) is 5.39. The van der Waals surface area contributed by atoms with Crippen LogP contribution in [0.25, 0.3) is 0 Å². The van der Waals surface area contributed by atoms with Gasteiger partial charge in [0.05, 0.1) is 6.10 Å². The van der Waals surface area contributed by atoms with Gasteiger partial charge in [0.1, 0.15) is 0 Å². The SMILES string of the molecule is CCN(CC)C[C@@H](O)CN1C[C@@H]2C[C@H](C1)c1cccc(=O)n1C2. The highest BCUT2D eigenvalue weighted by molar-refractivity contribution is 5.16. The molecule has 2 aliphatic rings. The van der Waals surface area contributed by atoms with Gasteiger partial charge < -0.3 is 14.6 Å². The molecule has 2 aliphatic heterocycles. The highest BCUT2D eigenvalue weighted by Crippen LogP contribution is 2.34. The molecular formula is C18H29N3O2. The van der Waals surface area contributed by atoms with Gasteiger partial charge >= 0.3 is 0 Å². The number of nitrogens with zero attached hydrogens (tertiary/aromatic N) is 3. The van der Waals surface area contributed by atoms with Crippen LogP contribution in [-0.4, -0.2) is 64.8 Å². The van der Waals surface area contributed by atoms with Crippen molar-refractivity contribution in [1.29, 1.82) is 0 Å². The van der Waals surface area contributed by atoms with Crippen LogP contribution >= 0.6 is 0 Å². The Bertz CT molecular complexity index is 582. The van der Waals surface area contributed by atoms with Gasteiger partial charge in [-0.05, 0) is 31.5 Å². The van der Waals surface area contributed by atoms with E-state index in [1.807, 2.05) is 10.6 Å². The summed E-state index contributed by atoms with van der Waals surface area (Å²) in [6, 6.07) is 5.64. The minimum absolute atomic E-state index is 0.132. The Kier molecular flexibility index (Phi) is 5.19. The van der Waals surface area contributed by atoms with Crippen LogP contribution in [0.15, 0.2) is 23.0 Å². The number of aromatic nitrogens is 1. The maximum Gasteiger partial charge on any atom is 0.250 e. The fourth-order valence-corrected chi connectivity index (χ4v) is 4.28. The second-order valence-electron chi connectivity index (χ2n) is 7.06. The van der Waals surface area contributed by atoms with Crippen molar-refractivity contribution in [3.8, 4) is 0 Å². The molecule has 5 nitrogen and oxygen atoms in total. The molecule has 0 aliphatic carbocycles. The number of β-amino-alcohol motifs (C(OH)–C–C–N with tert-alkyl or cyclic N) is 1. The zero-order chi connectivity index (χ0) is 16.4. The number of aliphatic hydroxyl groups is 1. The van der Waals surface area contributed by atoms with Crippen molar-refractivity contribution in [2.75, 3.05) is 39.3 Å². The minimum Gasteiger partial charge on any atom is -0.390 e. The van der Waals surface area contributed by atoms with Crippen LogP contribution in [0.5, 0.6) is 0 Å². The molecule has 23 heavy (non-hydrogen) atoms. The minimum atomic E-state index is -0.299. The molecule has 2 bridgehead atoms. The first kappa shape index (κ1) is 16.7. The second kappa shape index (κ2) is 7.16. The molecule has 1 N–H and O–H groups in total. The predicted molar refractivity (Wildman–Crippen MR) is 91.8 cm³/mol. The maximum absolute atomic E-state index is 12.0. The van der Waals surface area contributed by atoms with Gasteiger partial charge in [-0.1, -0.05) is 19.9 Å². The third kappa shape index (κ3) is 3.67. The van der Waals surface area contributed by atoms with Crippen molar-refractivity contribution >= 4 is 0 Å². The summed E-state index contributed by atoms with van der Waals surface area (Å²) >= 11 is 0. The summed E-state index contributed by atoms with van der Waals surface area (Å²) < 4.78 is 1.96. The van der Waals surface area contributed by atoms with Crippen LogP contribution in [0.1, 0.15) is 31.9 Å². The number of pyridine rings is 1. The lowest BCUT2D eigenvalue weighted by molar-refractivity contribution is 0.0444. The predicted octanol–water partition coefficient (Wildman–Crippen LogP) is 0.970. The molecule has 3 atom stereocenters. The summed E-state index contributed by atoms with van der Waals surface area (Å²) in [4.78, 5) is 16.7. The molecule has 0 saturated carbocycles. The molecule has 0 unspecified atom stereocenters. The number of piperidine rings is 1. The molecule has 1 aromatic heterocycles. The third-order valence-electron chi connectivity index (χ3n) is 5.39. The molecule has 5 heteroatoms. The number of rotatable bonds is 6. The molecule has 0 aromatic carbocycles. The van der Waals surface area contributed by atoms with Crippen molar-refractivity contribution in [1.82, 2.24) is 14.4 Å². The number of hydrogen-bond donors (Lipinski definition) is 1. The van der Waals surface area contributed by atoms with E-state index >= 15 is 0 Å². The molecule has 0 amide bonds. The first-order valence-corrected chi connectivity index (χ1v) is 8.93. The van der Waals surface area contributed by atoms with Crippen LogP contribution in [-0.2, 0) is 6.54 Å². The standard InChI is InChI=1S/C18H29N3O2/c1-3-19(4-2)12-16(22)13-20-9-14-8-15(11-20)17-6-5-7-18(23)21(17)10-14/h5-7,14-16,22H,3-4,8-13H2,1-2H3/t14-,15+,16+/m0/s1. The van der Waals surface area contributed by atoms with Crippen molar-refractivity contribution < 1.29 is 5.11 Å². The Morgan fingerprint density at radius 2 is 2.04 bits per heavy atom. The fourth-order valence-electron chi connectivity index (χ4n) is 4.28. The topological polar surface area (TPSA) is 48.7 Å². The Labute approximate surface area is 138 Å². The smallest absolute Gasteiger partial charge is 0.250 e. The van der Waals surface area contributed by atoms with Gasteiger partial charge in [-0.15, -0.1) is 0 Å². The van der Waals surface area contributed by atoms with E-state index in [2.05, 4.69) is 29.7 Å². The Morgan fingerprint density at radius 3 is 2.78 bits per heavy atom. The van der Waals surface area contributed by atoms with E-state index in [0.29, 0.717) is 11.8 Å². The number of likely N-dealkylation sites (N-methyl/N-ethyl adjacent to an activating group) is 1. The lowest BCUT2D eigenvalue weighted by atomic mass is 9.83. The number of likely N-dealkylation sites (tertiary alicyclic amines) is 1. The van der Waals surface area contributed by atoms with Crippen LogP contribution in [0.3, 0.4) is 0 Å². The molecular weight excluding hydrogens is 290 g/mol. The van der Waals surface area contributed by atoms with E-state index in [9.17, 15) is 9.90 Å². The highest BCUT2D eigenvalue weighted by atomic mass is 16.3. The summed E-state index contributed by atoms with van der Waals surface area (Å²) in [5.41, 5.74) is 1.31. The molecule has 3 heterocycles. The first-order valence-electron chi connectivity index (χ1n) is 8.93. The lowest BCUT2D eigenvalue weighted by Gasteiger charge is -2.43. The Hall–Kier alpha value is -1.17. The van der Waals surface area contributed by atoms with Gasteiger partial charge in [0.15, 0.2) is 0 Å².